The highest BCUT2D eigenvalue weighted by atomic mass is 32.2. The van der Waals surface area contributed by atoms with Crippen LogP contribution in [0.15, 0.2) is 24.3 Å². The van der Waals surface area contributed by atoms with Crippen LogP contribution in [-0.4, -0.2) is 19.1 Å². The maximum Gasteiger partial charge on any atom is 0.0325 e. The summed E-state index contributed by atoms with van der Waals surface area (Å²) in [7, 11) is 2.05. The van der Waals surface area contributed by atoms with E-state index in [1.165, 1.54) is 29.7 Å². The van der Waals surface area contributed by atoms with Gasteiger partial charge >= 0.3 is 0 Å². The normalized spacial score (nSPS) is 13.0. The number of thioether (sulfide) groups is 1. The second-order valence-electron chi connectivity index (χ2n) is 4.96. The summed E-state index contributed by atoms with van der Waals surface area (Å²) in [6, 6.07) is 9.60. The summed E-state index contributed by atoms with van der Waals surface area (Å²) < 4.78 is 0. The zero-order chi connectivity index (χ0) is 12.7. The van der Waals surface area contributed by atoms with Crippen LogP contribution in [0.3, 0.4) is 0 Å². The molecule has 0 aliphatic rings. The number of hydrogen-bond acceptors (Lipinski definition) is 2. The Labute approximate surface area is 110 Å². The summed E-state index contributed by atoms with van der Waals surface area (Å²) in [5.41, 5.74) is 2.86. The Morgan fingerprint density at radius 2 is 1.82 bits per heavy atom. The lowest BCUT2D eigenvalue weighted by molar-refractivity contribution is 0.580. The molecule has 0 saturated carbocycles. The topological polar surface area (TPSA) is 12.0 Å². The highest BCUT2D eigenvalue weighted by molar-refractivity contribution is 7.98. The molecule has 1 atom stereocenters. The molecular weight excluding hydrogens is 226 g/mol. The van der Waals surface area contributed by atoms with E-state index in [1.807, 2.05) is 18.8 Å². The van der Waals surface area contributed by atoms with Gasteiger partial charge in [-0.15, -0.1) is 0 Å². The summed E-state index contributed by atoms with van der Waals surface area (Å²) in [5, 5.41) is 3.40. The lowest BCUT2D eigenvalue weighted by Gasteiger charge is -2.16. The zero-order valence-electron chi connectivity index (χ0n) is 11.5. The van der Waals surface area contributed by atoms with Crippen LogP contribution in [0.1, 0.15) is 37.4 Å². The molecule has 0 aromatic heterocycles. The molecule has 0 radical (unpaired) electrons. The second-order valence-corrected chi connectivity index (χ2v) is 5.95. The largest absolute Gasteiger partial charge is 0.313 e. The molecule has 1 unspecified atom stereocenters. The minimum absolute atomic E-state index is 0.496. The van der Waals surface area contributed by atoms with E-state index in [1.54, 1.807) is 0 Å². The molecule has 0 aliphatic carbocycles. The summed E-state index contributed by atoms with van der Waals surface area (Å²) >= 11 is 1.91. The van der Waals surface area contributed by atoms with Crippen LogP contribution in [0.2, 0.25) is 0 Å². The first-order chi connectivity index (χ1) is 8.17. The second kappa shape index (κ2) is 7.78. The molecule has 1 N–H and O–H groups in total. The van der Waals surface area contributed by atoms with Gasteiger partial charge in [0.1, 0.15) is 0 Å². The van der Waals surface area contributed by atoms with E-state index in [4.69, 9.17) is 0 Å². The van der Waals surface area contributed by atoms with Crippen LogP contribution in [0.4, 0.5) is 0 Å². The zero-order valence-corrected chi connectivity index (χ0v) is 12.3. The van der Waals surface area contributed by atoms with Crippen LogP contribution in [0.5, 0.6) is 0 Å². The summed E-state index contributed by atoms with van der Waals surface area (Å²) in [6.07, 6.45) is 4.54. The van der Waals surface area contributed by atoms with E-state index in [0.717, 1.165) is 5.92 Å². The molecule has 17 heavy (non-hydrogen) atoms. The van der Waals surface area contributed by atoms with Crippen molar-refractivity contribution < 1.29 is 0 Å². The molecule has 0 bridgehead atoms. The summed E-state index contributed by atoms with van der Waals surface area (Å²) in [4.78, 5) is 0. The lowest BCUT2D eigenvalue weighted by atomic mass is 9.98. The smallest absolute Gasteiger partial charge is 0.0325 e. The van der Waals surface area contributed by atoms with Crippen molar-refractivity contribution in [3.8, 4) is 0 Å². The van der Waals surface area contributed by atoms with Crippen LogP contribution in [-0.2, 0) is 6.42 Å². The molecule has 1 nitrogen and oxygen atoms in total. The van der Waals surface area contributed by atoms with Crippen molar-refractivity contribution in [2.75, 3.05) is 19.1 Å². The van der Waals surface area contributed by atoms with E-state index >= 15 is 0 Å². The summed E-state index contributed by atoms with van der Waals surface area (Å²) in [6.45, 7) is 4.53. The predicted octanol–water partition coefficient (Wildman–Crippen LogP) is 3.90. The summed E-state index contributed by atoms with van der Waals surface area (Å²) in [5.74, 6) is 1.94. The van der Waals surface area contributed by atoms with Crippen LogP contribution in [0.25, 0.3) is 0 Å². The van der Waals surface area contributed by atoms with Gasteiger partial charge in [0.15, 0.2) is 0 Å². The molecule has 0 fully saturated rings. The molecule has 96 valence electrons. The average molecular weight is 251 g/mol. The van der Waals surface area contributed by atoms with Crippen molar-refractivity contribution in [3.05, 3.63) is 35.4 Å². The Morgan fingerprint density at radius 3 is 2.29 bits per heavy atom. The fraction of sp³-hybridized carbons (Fsp3) is 0.600. The monoisotopic (exact) mass is 251 g/mol. The van der Waals surface area contributed by atoms with E-state index in [9.17, 15) is 0 Å². The Morgan fingerprint density at radius 1 is 1.18 bits per heavy atom. The van der Waals surface area contributed by atoms with Gasteiger partial charge in [-0.2, -0.15) is 11.8 Å². The third-order valence-electron chi connectivity index (χ3n) is 2.99. The van der Waals surface area contributed by atoms with Crippen LogP contribution in [0, 0.1) is 5.92 Å². The van der Waals surface area contributed by atoms with E-state index in [2.05, 4.69) is 49.7 Å². The van der Waals surface area contributed by atoms with Crippen LogP contribution < -0.4 is 5.32 Å². The number of benzene rings is 1. The van der Waals surface area contributed by atoms with Gasteiger partial charge in [-0.1, -0.05) is 38.1 Å². The Hall–Kier alpha value is -0.470. The molecule has 0 amide bonds. The van der Waals surface area contributed by atoms with Gasteiger partial charge in [0, 0.05) is 6.04 Å². The quantitative estimate of drug-likeness (QED) is 0.789. The highest BCUT2D eigenvalue weighted by Gasteiger charge is 2.08. The van der Waals surface area contributed by atoms with Gasteiger partial charge < -0.3 is 5.32 Å². The van der Waals surface area contributed by atoms with Crippen molar-refractivity contribution in [2.24, 2.45) is 5.92 Å². The van der Waals surface area contributed by atoms with Gasteiger partial charge in [-0.3, -0.25) is 0 Å². The van der Waals surface area contributed by atoms with Gasteiger partial charge in [0.05, 0.1) is 0 Å². The van der Waals surface area contributed by atoms with E-state index < -0.39 is 0 Å². The standard InChI is InChI=1S/C15H25NS/c1-12(2)11-13-5-7-14(8-6-13)15(16-3)9-10-17-4/h5-8,12,15-16H,9-11H2,1-4H3. The van der Waals surface area contributed by atoms with Crippen molar-refractivity contribution in [1.82, 2.24) is 5.32 Å². The molecule has 1 aromatic rings. The Kier molecular flexibility index (Phi) is 6.68. The number of nitrogens with one attached hydrogen (secondary N) is 1. The Bertz CT molecular complexity index is 305. The first-order valence-electron chi connectivity index (χ1n) is 6.42. The number of rotatable bonds is 7. The third kappa shape index (κ3) is 5.13. The average Bonchev–Trinajstić information content (AvgIpc) is 2.31. The highest BCUT2D eigenvalue weighted by Crippen LogP contribution is 2.19. The fourth-order valence-corrected chi connectivity index (χ4v) is 2.54. The molecule has 0 aliphatic heterocycles. The maximum absolute atomic E-state index is 3.40. The minimum atomic E-state index is 0.496. The number of hydrogen-bond donors (Lipinski definition) is 1. The first-order valence-corrected chi connectivity index (χ1v) is 7.81. The van der Waals surface area contributed by atoms with Crippen molar-refractivity contribution in [1.29, 1.82) is 0 Å². The van der Waals surface area contributed by atoms with Crippen molar-refractivity contribution >= 4 is 11.8 Å². The van der Waals surface area contributed by atoms with E-state index in [-0.39, 0.29) is 0 Å². The third-order valence-corrected chi connectivity index (χ3v) is 3.63. The maximum atomic E-state index is 3.40. The van der Waals surface area contributed by atoms with Gasteiger partial charge in [0.2, 0.25) is 0 Å². The molecule has 1 rings (SSSR count). The molecule has 0 spiro atoms. The predicted molar refractivity (Wildman–Crippen MR) is 79.8 cm³/mol. The minimum Gasteiger partial charge on any atom is -0.313 e. The fourth-order valence-electron chi connectivity index (χ4n) is 2.07. The lowest BCUT2D eigenvalue weighted by Crippen LogP contribution is -2.17. The molecule has 0 saturated heterocycles. The van der Waals surface area contributed by atoms with Gasteiger partial charge in [0.25, 0.3) is 0 Å². The molecule has 1 aromatic carbocycles. The molecule has 2 heteroatoms. The van der Waals surface area contributed by atoms with Crippen molar-refractivity contribution in [2.45, 2.75) is 32.7 Å². The SMILES string of the molecule is CNC(CCSC)c1ccc(CC(C)C)cc1. The first kappa shape index (κ1) is 14.6. The van der Waals surface area contributed by atoms with E-state index in [0.29, 0.717) is 6.04 Å². The van der Waals surface area contributed by atoms with Gasteiger partial charge in [-0.05, 0) is 48.9 Å². The molecular formula is C15H25NS. The van der Waals surface area contributed by atoms with Crippen LogP contribution >= 0.6 is 11.8 Å². The Balaban J connectivity index is 2.64. The molecule has 0 heterocycles. The van der Waals surface area contributed by atoms with Crippen molar-refractivity contribution in [3.63, 3.8) is 0 Å². The van der Waals surface area contributed by atoms with Gasteiger partial charge in [-0.25, -0.2) is 0 Å².